The van der Waals surface area contributed by atoms with Gasteiger partial charge in [-0.25, -0.2) is 5.01 Å². The van der Waals surface area contributed by atoms with Crippen LogP contribution in [0.25, 0.3) is 0 Å². The van der Waals surface area contributed by atoms with E-state index in [9.17, 15) is 0 Å². The van der Waals surface area contributed by atoms with Gasteiger partial charge in [0, 0.05) is 32.2 Å². The summed E-state index contributed by atoms with van der Waals surface area (Å²) >= 11 is 0. The van der Waals surface area contributed by atoms with E-state index in [-0.39, 0.29) is 0 Å². The van der Waals surface area contributed by atoms with Crippen molar-refractivity contribution in [3.8, 4) is 0 Å². The van der Waals surface area contributed by atoms with E-state index in [1.165, 1.54) is 38.8 Å². The standard InChI is InChI=1S/C9H19N3/c10-12-7-5-11(6-8-12)9-3-1-2-4-9/h9H,1-8,10H2. The van der Waals surface area contributed by atoms with Gasteiger partial charge in [0.1, 0.15) is 0 Å². The summed E-state index contributed by atoms with van der Waals surface area (Å²) in [6.45, 7) is 4.47. The first kappa shape index (κ1) is 8.48. The fraction of sp³-hybridized carbons (Fsp3) is 1.00. The molecule has 0 atom stereocenters. The van der Waals surface area contributed by atoms with Gasteiger partial charge in [-0.05, 0) is 12.8 Å². The fourth-order valence-corrected chi connectivity index (χ4v) is 2.37. The molecular weight excluding hydrogens is 150 g/mol. The number of rotatable bonds is 1. The largest absolute Gasteiger partial charge is 0.298 e. The van der Waals surface area contributed by atoms with Crippen LogP contribution in [0.15, 0.2) is 0 Å². The van der Waals surface area contributed by atoms with E-state index in [0.717, 1.165) is 19.1 Å². The van der Waals surface area contributed by atoms with Crippen LogP contribution in [0.3, 0.4) is 0 Å². The van der Waals surface area contributed by atoms with Crippen LogP contribution in [-0.4, -0.2) is 42.1 Å². The molecular formula is C9H19N3. The van der Waals surface area contributed by atoms with Gasteiger partial charge in [-0.1, -0.05) is 12.8 Å². The molecule has 2 aliphatic rings. The van der Waals surface area contributed by atoms with Crippen molar-refractivity contribution < 1.29 is 0 Å². The van der Waals surface area contributed by atoms with Gasteiger partial charge < -0.3 is 0 Å². The van der Waals surface area contributed by atoms with Gasteiger partial charge in [0.2, 0.25) is 0 Å². The summed E-state index contributed by atoms with van der Waals surface area (Å²) in [4.78, 5) is 2.62. The molecule has 1 heterocycles. The van der Waals surface area contributed by atoms with E-state index in [2.05, 4.69) is 4.90 Å². The molecule has 0 aromatic heterocycles. The van der Waals surface area contributed by atoms with Gasteiger partial charge in [0.15, 0.2) is 0 Å². The van der Waals surface area contributed by atoms with Crippen LogP contribution in [0, 0.1) is 0 Å². The molecule has 1 aliphatic heterocycles. The monoisotopic (exact) mass is 169 g/mol. The molecule has 2 rings (SSSR count). The van der Waals surface area contributed by atoms with Crippen molar-refractivity contribution in [3.05, 3.63) is 0 Å². The van der Waals surface area contributed by atoms with E-state index in [0.29, 0.717) is 0 Å². The highest BCUT2D eigenvalue weighted by molar-refractivity contribution is 4.80. The molecule has 1 saturated heterocycles. The molecule has 12 heavy (non-hydrogen) atoms. The molecule has 3 nitrogen and oxygen atoms in total. The van der Waals surface area contributed by atoms with Crippen molar-refractivity contribution in [2.45, 2.75) is 31.7 Å². The normalized spacial score (nSPS) is 29.8. The maximum atomic E-state index is 5.70. The predicted molar refractivity (Wildman–Crippen MR) is 49.6 cm³/mol. The van der Waals surface area contributed by atoms with E-state index < -0.39 is 0 Å². The third kappa shape index (κ3) is 1.79. The maximum Gasteiger partial charge on any atom is 0.0257 e. The van der Waals surface area contributed by atoms with Gasteiger partial charge in [-0.2, -0.15) is 0 Å². The zero-order valence-electron chi connectivity index (χ0n) is 7.71. The SMILES string of the molecule is NN1CCN(C2CCCC2)CC1. The molecule has 0 unspecified atom stereocenters. The quantitative estimate of drug-likeness (QED) is 0.577. The van der Waals surface area contributed by atoms with Crippen molar-refractivity contribution in [1.82, 2.24) is 9.91 Å². The Morgan fingerprint density at radius 3 is 2.08 bits per heavy atom. The van der Waals surface area contributed by atoms with E-state index in [1.807, 2.05) is 5.01 Å². The molecule has 3 heteroatoms. The van der Waals surface area contributed by atoms with Crippen molar-refractivity contribution in [2.24, 2.45) is 5.84 Å². The molecule has 2 fully saturated rings. The molecule has 0 aromatic carbocycles. The second-order valence-corrected chi connectivity index (χ2v) is 4.01. The summed E-state index contributed by atoms with van der Waals surface area (Å²) in [5, 5.41) is 1.94. The number of nitrogens with two attached hydrogens (primary N) is 1. The molecule has 0 amide bonds. The van der Waals surface area contributed by atoms with E-state index in [1.54, 1.807) is 0 Å². The van der Waals surface area contributed by atoms with Crippen LogP contribution in [0.2, 0.25) is 0 Å². The molecule has 0 spiro atoms. The second kappa shape index (κ2) is 3.73. The molecule has 1 aliphatic carbocycles. The van der Waals surface area contributed by atoms with Crippen molar-refractivity contribution in [3.63, 3.8) is 0 Å². The summed E-state index contributed by atoms with van der Waals surface area (Å²) in [7, 11) is 0. The lowest BCUT2D eigenvalue weighted by Gasteiger charge is -2.35. The minimum Gasteiger partial charge on any atom is -0.298 e. The zero-order chi connectivity index (χ0) is 8.39. The smallest absolute Gasteiger partial charge is 0.0257 e. The lowest BCUT2D eigenvalue weighted by Crippen LogP contribution is -2.51. The third-order valence-electron chi connectivity index (χ3n) is 3.19. The Labute approximate surface area is 74.5 Å². The molecule has 0 bridgehead atoms. The summed E-state index contributed by atoms with van der Waals surface area (Å²) in [6.07, 6.45) is 5.72. The minimum atomic E-state index is 0.888. The molecule has 70 valence electrons. The summed E-state index contributed by atoms with van der Waals surface area (Å²) < 4.78 is 0. The van der Waals surface area contributed by atoms with E-state index in [4.69, 9.17) is 5.84 Å². The average Bonchev–Trinajstić information content (AvgIpc) is 2.58. The number of hydrazine groups is 1. The Balaban J connectivity index is 1.80. The van der Waals surface area contributed by atoms with Gasteiger partial charge in [-0.3, -0.25) is 10.7 Å². The predicted octanol–water partition coefficient (Wildman–Crippen LogP) is 0.420. The summed E-state index contributed by atoms with van der Waals surface area (Å²) in [6, 6.07) is 0.888. The average molecular weight is 169 g/mol. The van der Waals surface area contributed by atoms with E-state index >= 15 is 0 Å². The Bertz CT molecular complexity index is 135. The first-order chi connectivity index (χ1) is 5.86. The number of hydrogen-bond acceptors (Lipinski definition) is 3. The number of hydrogen-bond donors (Lipinski definition) is 1. The summed E-state index contributed by atoms with van der Waals surface area (Å²) in [5.41, 5.74) is 0. The van der Waals surface area contributed by atoms with Gasteiger partial charge in [-0.15, -0.1) is 0 Å². The molecule has 2 N–H and O–H groups in total. The lowest BCUT2D eigenvalue weighted by molar-refractivity contribution is 0.0985. The Morgan fingerprint density at radius 2 is 1.50 bits per heavy atom. The fourth-order valence-electron chi connectivity index (χ4n) is 2.37. The van der Waals surface area contributed by atoms with Crippen LogP contribution >= 0.6 is 0 Å². The van der Waals surface area contributed by atoms with Gasteiger partial charge in [0.05, 0.1) is 0 Å². The highest BCUT2D eigenvalue weighted by atomic mass is 15.4. The first-order valence-corrected chi connectivity index (χ1v) is 5.10. The molecule has 0 aromatic rings. The van der Waals surface area contributed by atoms with Crippen molar-refractivity contribution in [2.75, 3.05) is 26.2 Å². The molecule has 0 radical (unpaired) electrons. The van der Waals surface area contributed by atoms with Crippen LogP contribution in [0.1, 0.15) is 25.7 Å². The zero-order valence-corrected chi connectivity index (χ0v) is 7.71. The van der Waals surface area contributed by atoms with Crippen LogP contribution in [0.4, 0.5) is 0 Å². The van der Waals surface area contributed by atoms with Crippen molar-refractivity contribution >= 4 is 0 Å². The maximum absolute atomic E-state index is 5.70. The third-order valence-corrected chi connectivity index (χ3v) is 3.19. The minimum absolute atomic E-state index is 0.888. The molecule has 1 saturated carbocycles. The number of piperazine rings is 1. The second-order valence-electron chi connectivity index (χ2n) is 4.01. The Morgan fingerprint density at radius 1 is 0.917 bits per heavy atom. The highest BCUT2D eigenvalue weighted by Gasteiger charge is 2.24. The Hall–Kier alpha value is -0.120. The number of nitrogens with zero attached hydrogens (tertiary/aromatic N) is 2. The van der Waals surface area contributed by atoms with Gasteiger partial charge in [0.25, 0.3) is 0 Å². The first-order valence-electron chi connectivity index (χ1n) is 5.10. The van der Waals surface area contributed by atoms with Crippen LogP contribution < -0.4 is 5.84 Å². The summed E-state index contributed by atoms with van der Waals surface area (Å²) in [5.74, 6) is 5.70. The highest BCUT2D eigenvalue weighted by Crippen LogP contribution is 2.23. The van der Waals surface area contributed by atoms with Crippen molar-refractivity contribution in [1.29, 1.82) is 0 Å². The van der Waals surface area contributed by atoms with Gasteiger partial charge >= 0.3 is 0 Å². The van der Waals surface area contributed by atoms with Crippen LogP contribution in [0.5, 0.6) is 0 Å². The van der Waals surface area contributed by atoms with Crippen LogP contribution in [-0.2, 0) is 0 Å². The Kier molecular flexibility index (Phi) is 2.63. The lowest BCUT2D eigenvalue weighted by atomic mass is 10.2. The topological polar surface area (TPSA) is 32.5 Å².